The zero-order valence-corrected chi connectivity index (χ0v) is 15.3. The molecule has 27 heavy (non-hydrogen) atoms. The minimum Gasteiger partial charge on any atom is -0.342 e. The van der Waals surface area contributed by atoms with E-state index in [-0.39, 0.29) is 22.5 Å². The van der Waals surface area contributed by atoms with Crippen LogP contribution in [-0.2, 0) is 17.1 Å². The molecule has 11 heteroatoms. The quantitative estimate of drug-likeness (QED) is 0.733. The number of benzene rings is 1. The molecule has 0 bridgehead atoms. The standard InChI is InChI=1S/C16H16F3N5O2S/c1-9-5-11(17)14-10(13(9)15-20-8-23(2)22-15)6-12(21-14)27(25,26)24-4-3-16(18,19)7-24/h5-6,8,21H,3-4,7H2,1-2H3. The van der Waals surface area contributed by atoms with E-state index in [1.54, 1.807) is 14.0 Å². The van der Waals surface area contributed by atoms with Crippen LogP contribution in [0.2, 0.25) is 0 Å². The van der Waals surface area contributed by atoms with Gasteiger partial charge in [0.25, 0.3) is 15.9 Å². The molecule has 1 aliphatic heterocycles. The Morgan fingerprint density at radius 2 is 2.04 bits per heavy atom. The lowest BCUT2D eigenvalue weighted by Gasteiger charge is -2.14. The monoisotopic (exact) mass is 399 g/mol. The Morgan fingerprint density at radius 1 is 1.30 bits per heavy atom. The van der Waals surface area contributed by atoms with Gasteiger partial charge in [-0.2, -0.15) is 9.40 Å². The van der Waals surface area contributed by atoms with Crippen LogP contribution in [-0.4, -0.2) is 51.5 Å². The minimum absolute atomic E-state index is 0.0346. The first-order valence-corrected chi connectivity index (χ1v) is 9.58. The molecule has 7 nitrogen and oxygen atoms in total. The van der Waals surface area contributed by atoms with Crippen molar-refractivity contribution in [1.82, 2.24) is 24.1 Å². The van der Waals surface area contributed by atoms with Gasteiger partial charge in [0.2, 0.25) is 0 Å². The number of alkyl halides is 2. The lowest BCUT2D eigenvalue weighted by molar-refractivity contribution is 0.0183. The molecule has 0 radical (unpaired) electrons. The van der Waals surface area contributed by atoms with Crippen molar-refractivity contribution in [3.63, 3.8) is 0 Å². The zero-order chi connectivity index (χ0) is 19.6. The highest BCUT2D eigenvalue weighted by Gasteiger charge is 2.44. The van der Waals surface area contributed by atoms with Crippen LogP contribution in [0.15, 0.2) is 23.5 Å². The van der Waals surface area contributed by atoms with Crippen molar-refractivity contribution in [1.29, 1.82) is 0 Å². The van der Waals surface area contributed by atoms with Crippen LogP contribution in [0.1, 0.15) is 12.0 Å². The fourth-order valence-electron chi connectivity index (χ4n) is 3.30. The van der Waals surface area contributed by atoms with Crippen LogP contribution in [0, 0.1) is 12.7 Å². The van der Waals surface area contributed by atoms with E-state index in [2.05, 4.69) is 15.1 Å². The smallest absolute Gasteiger partial charge is 0.262 e. The molecule has 3 heterocycles. The minimum atomic E-state index is -4.21. The van der Waals surface area contributed by atoms with Gasteiger partial charge in [-0.25, -0.2) is 26.6 Å². The van der Waals surface area contributed by atoms with Crippen LogP contribution in [0.25, 0.3) is 22.3 Å². The predicted molar refractivity (Wildman–Crippen MR) is 91.3 cm³/mol. The number of nitrogens with zero attached hydrogens (tertiary/aromatic N) is 4. The highest BCUT2D eigenvalue weighted by molar-refractivity contribution is 7.89. The molecule has 1 N–H and O–H groups in total. The van der Waals surface area contributed by atoms with Gasteiger partial charge >= 0.3 is 0 Å². The summed E-state index contributed by atoms with van der Waals surface area (Å²) in [5.74, 6) is -3.39. The number of nitrogens with one attached hydrogen (secondary N) is 1. The van der Waals surface area contributed by atoms with E-state index in [1.807, 2.05) is 0 Å². The summed E-state index contributed by atoms with van der Waals surface area (Å²) >= 11 is 0. The van der Waals surface area contributed by atoms with Crippen molar-refractivity contribution in [2.24, 2.45) is 7.05 Å². The number of hydrogen-bond donors (Lipinski definition) is 1. The van der Waals surface area contributed by atoms with Crippen LogP contribution in [0.5, 0.6) is 0 Å². The molecule has 144 valence electrons. The maximum Gasteiger partial charge on any atom is 0.262 e. The van der Waals surface area contributed by atoms with E-state index in [4.69, 9.17) is 0 Å². The molecule has 0 spiro atoms. The number of fused-ring (bicyclic) bond motifs is 1. The normalized spacial score (nSPS) is 17.8. The van der Waals surface area contributed by atoms with E-state index in [0.29, 0.717) is 21.3 Å². The van der Waals surface area contributed by atoms with Crippen molar-refractivity contribution in [2.75, 3.05) is 13.1 Å². The molecule has 2 aromatic heterocycles. The fourth-order valence-corrected chi connectivity index (χ4v) is 4.77. The van der Waals surface area contributed by atoms with Gasteiger partial charge in [-0.15, -0.1) is 0 Å². The summed E-state index contributed by atoms with van der Waals surface area (Å²) in [4.78, 5) is 6.69. The Balaban J connectivity index is 1.89. The highest BCUT2D eigenvalue weighted by atomic mass is 32.2. The number of aryl methyl sites for hydroxylation is 2. The molecule has 1 aromatic carbocycles. The summed E-state index contributed by atoms with van der Waals surface area (Å²) in [6, 6.07) is 2.51. The van der Waals surface area contributed by atoms with Crippen LogP contribution < -0.4 is 0 Å². The van der Waals surface area contributed by atoms with E-state index < -0.39 is 34.7 Å². The number of aromatic nitrogens is 4. The Hall–Kier alpha value is -2.40. The molecule has 0 atom stereocenters. The fraction of sp³-hybridized carbons (Fsp3) is 0.375. The molecule has 0 unspecified atom stereocenters. The lowest BCUT2D eigenvalue weighted by atomic mass is 10.0. The van der Waals surface area contributed by atoms with Gasteiger partial charge in [-0.1, -0.05) is 0 Å². The highest BCUT2D eigenvalue weighted by Crippen LogP contribution is 2.36. The number of aromatic amines is 1. The summed E-state index contributed by atoms with van der Waals surface area (Å²) in [7, 11) is -2.54. The van der Waals surface area contributed by atoms with Gasteiger partial charge < -0.3 is 4.98 Å². The molecule has 1 saturated heterocycles. The predicted octanol–water partition coefficient (Wildman–Crippen LogP) is 2.44. The number of hydrogen-bond acceptors (Lipinski definition) is 4. The van der Waals surface area contributed by atoms with Crippen molar-refractivity contribution < 1.29 is 21.6 Å². The second-order valence-corrected chi connectivity index (χ2v) is 8.57. The molecule has 3 aromatic rings. The summed E-state index contributed by atoms with van der Waals surface area (Å²) in [6.45, 7) is 0.484. The first-order valence-electron chi connectivity index (χ1n) is 8.14. The Labute approximate surface area is 152 Å². The average molecular weight is 399 g/mol. The Kier molecular flexibility index (Phi) is 3.86. The number of H-pyrrole nitrogens is 1. The van der Waals surface area contributed by atoms with Gasteiger partial charge in [0.05, 0.1) is 12.1 Å². The van der Waals surface area contributed by atoms with Crippen molar-refractivity contribution in [2.45, 2.75) is 24.3 Å². The largest absolute Gasteiger partial charge is 0.342 e. The average Bonchev–Trinajstić information content (AvgIpc) is 3.26. The van der Waals surface area contributed by atoms with E-state index >= 15 is 0 Å². The zero-order valence-electron chi connectivity index (χ0n) is 14.5. The summed E-state index contributed by atoms with van der Waals surface area (Å²) in [5.41, 5.74) is 0.978. The molecule has 0 saturated carbocycles. The molecule has 1 fully saturated rings. The van der Waals surface area contributed by atoms with Crippen LogP contribution in [0.4, 0.5) is 13.2 Å². The van der Waals surface area contributed by atoms with Crippen molar-refractivity contribution >= 4 is 20.9 Å². The first kappa shape index (κ1) is 18.0. The topological polar surface area (TPSA) is 83.9 Å². The van der Waals surface area contributed by atoms with E-state index in [9.17, 15) is 21.6 Å². The third-order valence-corrected chi connectivity index (χ3v) is 6.38. The molecule has 1 aliphatic rings. The second kappa shape index (κ2) is 5.80. The summed E-state index contributed by atoms with van der Waals surface area (Å²) in [6.07, 6.45) is 0.934. The molecular weight excluding hydrogens is 383 g/mol. The first-order chi connectivity index (χ1) is 12.6. The number of halogens is 3. The van der Waals surface area contributed by atoms with E-state index in [1.165, 1.54) is 23.1 Å². The maximum absolute atomic E-state index is 14.4. The van der Waals surface area contributed by atoms with Gasteiger partial charge in [-0.05, 0) is 24.6 Å². The molecule has 0 amide bonds. The second-order valence-electron chi connectivity index (χ2n) is 6.66. The number of sulfonamides is 1. The maximum atomic E-state index is 14.4. The third-order valence-electron chi connectivity index (χ3n) is 4.61. The summed E-state index contributed by atoms with van der Waals surface area (Å²) in [5, 5.41) is 4.14. The van der Waals surface area contributed by atoms with Gasteiger partial charge in [0.15, 0.2) is 5.82 Å². The van der Waals surface area contributed by atoms with Crippen LogP contribution >= 0.6 is 0 Å². The molecule has 4 rings (SSSR count). The van der Waals surface area contributed by atoms with Gasteiger partial charge in [0, 0.05) is 31.0 Å². The number of rotatable bonds is 3. The van der Waals surface area contributed by atoms with Crippen LogP contribution in [0.3, 0.4) is 0 Å². The SMILES string of the molecule is Cc1cc(F)c2[nH]c(S(=O)(=O)N3CCC(F)(F)C3)cc2c1-c1ncn(C)n1. The lowest BCUT2D eigenvalue weighted by Crippen LogP contribution is -2.31. The third kappa shape index (κ3) is 2.90. The Bertz CT molecular complexity index is 1150. The summed E-state index contributed by atoms with van der Waals surface area (Å²) < 4.78 is 69.0. The van der Waals surface area contributed by atoms with Crippen molar-refractivity contribution in [3.8, 4) is 11.4 Å². The Morgan fingerprint density at radius 3 is 2.63 bits per heavy atom. The molecular formula is C16H16F3N5O2S. The van der Waals surface area contributed by atoms with Crippen molar-refractivity contribution in [3.05, 3.63) is 29.8 Å². The van der Waals surface area contributed by atoms with Gasteiger partial charge in [0.1, 0.15) is 17.2 Å². The van der Waals surface area contributed by atoms with E-state index in [0.717, 1.165) is 0 Å². The van der Waals surface area contributed by atoms with Gasteiger partial charge in [-0.3, -0.25) is 4.68 Å². The molecule has 0 aliphatic carbocycles.